The third-order valence-corrected chi connectivity index (χ3v) is 4.41. The predicted molar refractivity (Wildman–Crippen MR) is 92.9 cm³/mol. The smallest absolute Gasteiger partial charge is 0.265 e. The Hall–Kier alpha value is -2.67. The van der Waals surface area contributed by atoms with Crippen LogP contribution in [-0.2, 0) is 16.0 Å². The summed E-state index contributed by atoms with van der Waals surface area (Å²) in [7, 11) is 0. The van der Waals surface area contributed by atoms with E-state index in [1.165, 1.54) is 0 Å². The highest BCUT2D eigenvalue weighted by Gasteiger charge is 2.26. The van der Waals surface area contributed by atoms with Crippen LogP contribution in [0.25, 0.3) is 0 Å². The molecule has 1 aromatic carbocycles. The maximum absolute atomic E-state index is 12.4. The molecule has 3 heterocycles. The molecule has 130 valence electrons. The van der Waals surface area contributed by atoms with Crippen LogP contribution in [0, 0.1) is 0 Å². The van der Waals surface area contributed by atoms with Crippen molar-refractivity contribution in [3.63, 3.8) is 0 Å². The van der Waals surface area contributed by atoms with E-state index in [4.69, 9.17) is 9.47 Å². The van der Waals surface area contributed by atoms with Gasteiger partial charge < -0.3 is 19.7 Å². The molecule has 1 aromatic heterocycles. The molecule has 2 aliphatic heterocycles. The van der Waals surface area contributed by atoms with Crippen molar-refractivity contribution >= 4 is 17.5 Å². The highest BCUT2D eigenvalue weighted by molar-refractivity contribution is 5.94. The summed E-state index contributed by atoms with van der Waals surface area (Å²) in [5, 5.41) is 2.84. The van der Waals surface area contributed by atoms with E-state index in [9.17, 15) is 4.79 Å². The molecule has 1 atom stereocenters. The average molecular weight is 340 g/mol. The summed E-state index contributed by atoms with van der Waals surface area (Å²) in [6, 6.07) is 7.82. The summed E-state index contributed by atoms with van der Waals surface area (Å²) in [5.74, 6) is 1.27. The maximum Gasteiger partial charge on any atom is 0.265 e. The van der Waals surface area contributed by atoms with Gasteiger partial charge in [-0.05, 0) is 24.5 Å². The highest BCUT2D eigenvalue weighted by Crippen LogP contribution is 2.27. The van der Waals surface area contributed by atoms with Crippen molar-refractivity contribution in [1.82, 2.24) is 9.97 Å². The van der Waals surface area contributed by atoms with Crippen molar-refractivity contribution in [2.24, 2.45) is 0 Å². The quantitative estimate of drug-likeness (QED) is 0.915. The number of fused-ring (bicyclic) bond motifs is 1. The molecule has 7 heteroatoms. The number of hydrogen-bond acceptors (Lipinski definition) is 6. The third-order valence-electron chi connectivity index (χ3n) is 4.41. The number of rotatable bonds is 3. The number of anilines is 2. The standard InChI is InChI=1S/C18H20N4O3/c23-17(16-6-5-13-3-1-2-4-15(13)25-16)21-14-11-19-18(20-12-14)22-7-9-24-10-8-22/h1-4,11-12,16H,5-10H2,(H,21,23). The fraction of sp³-hybridized carbons (Fsp3) is 0.389. The maximum atomic E-state index is 12.4. The largest absolute Gasteiger partial charge is 0.480 e. The van der Waals surface area contributed by atoms with Crippen LogP contribution in [0.3, 0.4) is 0 Å². The molecular formula is C18H20N4O3. The van der Waals surface area contributed by atoms with E-state index >= 15 is 0 Å². The van der Waals surface area contributed by atoms with E-state index < -0.39 is 6.10 Å². The first-order chi connectivity index (χ1) is 12.3. The van der Waals surface area contributed by atoms with Crippen molar-refractivity contribution in [3.05, 3.63) is 42.2 Å². The number of hydrogen-bond donors (Lipinski definition) is 1. The van der Waals surface area contributed by atoms with E-state index in [0.717, 1.165) is 30.8 Å². The molecule has 2 aliphatic rings. The molecule has 0 aliphatic carbocycles. The Labute approximate surface area is 146 Å². The summed E-state index contributed by atoms with van der Waals surface area (Å²) in [6.07, 6.45) is 4.27. The molecule has 2 aromatic rings. The van der Waals surface area contributed by atoms with Crippen LogP contribution in [0.5, 0.6) is 5.75 Å². The van der Waals surface area contributed by atoms with Crippen LogP contribution in [0.2, 0.25) is 0 Å². The molecule has 1 saturated heterocycles. The number of ether oxygens (including phenoxy) is 2. The second-order valence-electron chi connectivity index (χ2n) is 6.11. The van der Waals surface area contributed by atoms with Crippen LogP contribution >= 0.6 is 0 Å². The number of benzene rings is 1. The van der Waals surface area contributed by atoms with Gasteiger partial charge in [0.1, 0.15) is 5.75 Å². The molecule has 0 bridgehead atoms. The fourth-order valence-corrected chi connectivity index (χ4v) is 3.04. The first kappa shape index (κ1) is 15.8. The van der Waals surface area contributed by atoms with Gasteiger partial charge in [-0.25, -0.2) is 9.97 Å². The van der Waals surface area contributed by atoms with Crippen LogP contribution < -0.4 is 15.0 Å². The molecule has 1 fully saturated rings. The SMILES string of the molecule is O=C(Nc1cnc(N2CCOCC2)nc1)C1CCc2ccccc2O1. The zero-order valence-electron chi connectivity index (χ0n) is 13.9. The number of nitrogens with zero attached hydrogens (tertiary/aromatic N) is 3. The Bertz CT molecular complexity index is 744. The first-order valence-electron chi connectivity index (χ1n) is 8.50. The van der Waals surface area contributed by atoms with Gasteiger partial charge in [0.25, 0.3) is 5.91 Å². The Morgan fingerprint density at radius 2 is 1.92 bits per heavy atom. The highest BCUT2D eigenvalue weighted by atomic mass is 16.5. The number of nitrogens with one attached hydrogen (secondary N) is 1. The summed E-state index contributed by atoms with van der Waals surface area (Å²) in [6.45, 7) is 2.92. The molecule has 4 rings (SSSR count). The molecule has 0 saturated carbocycles. The lowest BCUT2D eigenvalue weighted by atomic mass is 10.0. The molecule has 0 spiro atoms. The van der Waals surface area contributed by atoms with E-state index in [-0.39, 0.29) is 5.91 Å². The predicted octanol–water partition coefficient (Wildman–Crippen LogP) is 1.65. The number of amides is 1. The Balaban J connectivity index is 1.38. The van der Waals surface area contributed by atoms with Gasteiger partial charge in [0.2, 0.25) is 5.95 Å². The Kier molecular flexibility index (Phi) is 4.47. The van der Waals surface area contributed by atoms with Gasteiger partial charge in [0, 0.05) is 13.1 Å². The molecule has 7 nitrogen and oxygen atoms in total. The monoisotopic (exact) mass is 340 g/mol. The summed E-state index contributed by atoms with van der Waals surface area (Å²) in [5.41, 5.74) is 1.72. The minimum absolute atomic E-state index is 0.169. The minimum atomic E-state index is -0.492. The number of morpholine rings is 1. The van der Waals surface area contributed by atoms with E-state index in [0.29, 0.717) is 31.3 Å². The average Bonchev–Trinajstić information content (AvgIpc) is 2.69. The lowest BCUT2D eigenvalue weighted by Crippen LogP contribution is -2.37. The molecule has 25 heavy (non-hydrogen) atoms. The van der Waals surface area contributed by atoms with E-state index in [1.807, 2.05) is 24.3 Å². The van der Waals surface area contributed by atoms with Crippen molar-refractivity contribution < 1.29 is 14.3 Å². The second-order valence-corrected chi connectivity index (χ2v) is 6.11. The second kappa shape index (κ2) is 7.06. The van der Waals surface area contributed by atoms with Gasteiger partial charge in [-0.1, -0.05) is 18.2 Å². The zero-order valence-corrected chi connectivity index (χ0v) is 13.9. The topological polar surface area (TPSA) is 76.6 Å². The van der Waals surface area contributed by atoms with Gasteiger partial charge >= 0.3 is 0 Å². The van der Waals surface area contributed by atoms with Crippen LogP contribution in [-0.4, -0.2) is 48.3 Å². The van der Waals surface area contributed by atoms with Gasteiger partial charge in [0.15, 0.2) is 6.10 Å². The fourth-order valence-electron chi connectivity index (χ4n) is 3.04. The molecule has 1 N–H and O–H groups in total. The van der Waals surface area contributed by atoms with Crippen LogP contribution in [0.15, 0.2) is 36.7 Å². The lowest BCUT2D eigenvalue weighted by molar-refractivity contribution is -0.123. The van der Waals surface area contributed by atoms with Gasteiger partial charge in [-0.2, -0.15) is 0 Å². The number of aromatic nitrogens is 2. The Morgan fingerprint density at radius 3 is 2.72 bits per heavy atom. The van der Waals surface area contributed by atoms with Crippen LogP contribution in [0.4, 0.5) is 11.6 Å². The molecule has 1 amide bonds. The summed E-state index contributed by atoms with van der Waals surface area (Å²) >= 11 is 0. The van der Waals surface area contributed by atoms with Crippen LogP contribution in [0.1, 0.15) is 12.0 Å². The molecular weight excluding hydrogens is 320 g/mol. The summed E-state index contributed by atoms with van der Waals surface area (Å²) in [4.78, 5) is 23.2. The van der Waals surface area contributed by atoms with E-state index in [2.05, 4.69) is 20.2 Å². The van der Waals surface area contributed by atoms with Crippen molar-refractivity contribution in [2.45, 2.75) is 18.9 Å². The van der Waals surface area contributed by atoms with Gasteiger partial charge in [0.05, 0.1) is 31.3 Å². The summed E-state index contributed by atoms with van der Waals surface area (Å²) < 4.78 is 11.1. The molecule has 1 unspecified atom stereocenters. The number of carbonyl (C=O) groups excluding carboxylic acids is 1. The zero-order chi connectivity index (χ0) is 17.1. The number of para-hydroxylation sites is 1. The number of aryl methyl sites for hydroxylation is 1. The third kappa shape index (κ3) is 3.56. The van der Waals surface area contributed by atoms with E-state index in [1.54, 1.807) is 12.4 Å². The number of carbonyl (C=O) groups is 1. The normalized spacial score (nSPS) is 19.7. The van der Waals surface area contributed by atoms with Crippen molar-refractivity contribution in [3.8, 4) is 5.75 Å². The van der Waals surface area contributed by atoms with Gasteiger partial charge in [-0.3, -0.25) is 4.79 Å². The Morgan fingerprint density at radius 1 is 1.16 bits per heavy atom. The first-order valence-corrected chi connectivity index (χ1v) is 8.50. The van der Waals surface area contributed by atoms with Crippen molar-refractivity contribution in [1.29, 1.82) is 0 Å². The minimum Gasteiger partial charge on any atom is -0.480 e. The molecule has 0 radical (unpaired) electrons. The lowest BCUT2D eigenvalue weighted by Gasteiger charge is -2.27. The van der Waals surface area contributed by atoms with Gasteiger partial charge in [-0.15, -0.1) is 0 Å². The van der Waals surface area contributed by atoms with Crippen molar-refractivity contribution in [2.75, 3.05) is 36.5 Å².